The predicted octanol–water partition coefficient (Wildman–Crippen LogP) is 2.30. The van der Waals surface area contributed by atoms with Crippen molar-refractivity contribution < 1.29 is 19.0 Å². The molecule has 0 bridgehead atoms. The van der Waals surface area contributed by atoms with Crippen molar-refractivity contribution in [3.05, 3.63) is 65.5 Å². The van der Waals surface area contributed by atoms with E-state index in [9.17, 15) is 14.3 Å². The molecular formula is C16H16FNO3. The maximum absolute atomic E-state index is 13.3. The van der Waals surface area contributed by atoms with Crippen LogP contribution in [0.15, 0.2) is 48.5 Å². The second-order valence-corrected chi connectivity index (χ2v) is 4.46. The average molecular weight is 289 g/mol. The third kappa shape index (κ3) is 3.58. The number of benzene rings is 2. The molecule has 110 valence electrons. The maximum Gasteiger partial charge on any atom is 0.255 e. The highest BCUT2D eigenvalue weighted by Crippen LogP contribution is 2.21. The Balaban J connectivity index is 2.22. The van der Waals surface area contributed by atoms with Crippen molar-refractivity contribution in [1.29, 1.82) is 0 Å². The average Bonchev–Trinajstić information content (AvgIpc) is 2.53. The number of carbonyl (C=O) groups is 1. The van der Waals surface area contributed by atoms with Gasteiger partial charge in [0, 0.05) is 0 Å². The zero-order chi connectivity index (χ0) is 15.2. The van der Waals surface area contributed by atoms with Crippen molar-refractivity contribution in [2.75, 3.05) is 13.7 Å². The molecule has 0 radical (unpaired) electrons. The van der Waals surface area contributed by atoms with Crippen LogP contribution in [0.2, 0.25) is 0 Å². The van der Waals surface area contributed by atoms with Gasteiger partial charge in [-0.15, -0.1) is 0 Å². The molecule has 0 aliphatic heterocycles. The van der Waals surface area contributed by atoms with Gasteiger partial charge in [0.1, 0.15) is 11.6 Å². The third-order valence-electron chi connectivity index (χ3n) is 3.10. The fourth-order valence-corrected chi connectivity index (χ4v) is 2.01. The van der Waals surface area contributed by atoms with E-state index in [0.29, 0.717) is 0 Å². The molecule has 0 spiro atoms. The first-order chi connectivity index (χ1) is 10.2. The molecular weight excluding hydrogens is 273 g/mol. The van der Waals surface area contributed by atoms with E-state index in [1.54, 1.807) is 12.1 Å². The van der Waals surface area contributed by atoms with Crippen LogP contribution in [0.25, 0.3) is 0 Å². The normalized spacial score (nSPS) is 11.8. The molecule has 0 saturated heterocycles. The molecule has 0 heterocycles. The Kier molecular flexibility index (Phi) is 4.90. The highest BCUT2D eigenvalue weighted by atomic mass is 19.1. The number of aliphatic hydroxyl groups is 1. The fraction of sp³-hybridized carbons (Fsp3) is 0.188. The molecule has 0 fully saturated rings. The van der Waals surface area contributed by atoms with Crippen molar-refractivity contribution in [2.45, 2.75) is 6.04 Å². The molecule has 0 saturated carbocycles. The summed E-state index contributed by atoms with van der Waals surface area (Å²) in [6.45, 7) is -0.257. The summed E-state index contributed by atoms with van der Waals surface area (Å²) in [5.41, 5.74) is 0.857. The lowest BCUT2D eigenvalue weighted by atomic mass is 10.1. The lowest BCUT2D eigenvalue weighted by molar-refractivity contribution is 0.0912. The van der Waals surface area contributed by atoms with Crippen LogP contribution in [0, 0.1) is 5.82 Å². The first-order valence-electron chi connectivity index (χ1n) is 6.46. The predicted molar refractivity (Wildman–Crippen MR) is 76.7 cm³/mol. The topological polar surface area (TPSA) is 58.6 Å². The molecule has 5 heteroatoms. The summed E-state index contributed by atoms with van der Waals surface area (Å²) in [5.74, 6) is -0.755. The van der Waals surface area contributed by atoms with Crippen molar-refractivity contribution in [3.8, 4) is 5.75 Å². The van der Waals surface area contributed by atoms with Crippen LogP contribution >= 0.6 is 0 Å². The molecule has 2 rings (SSSR count). The summed E-state index contributed by atoms with van der Waals surface area (Å²) >= 11 is 0. The lowest BCUT2D eigenvalue weighted by Gasteiger charge is -2.17. The Bertz CT molecular complexity index is 616. The molecule has 1 amide bonds. The number of rotatable bonds is 5. The number of nitrogens with one attached hydrogen (secondary N) is 1. The van der Waals surface area contributed by atoms with Crippen LogP contribution in [-0.2, 0) is 0 Å². The Hall–Kier alpha value is -2.40. The zero-order valence-electron chi connectivity index (χ0n) is 11.5. The SMILES string of the molecule is COc1ccc(F)cc1C(=O)N[C@H](CO)c1ccccc1. The van der Waals surface area contributed by atoms with Crippen molar-refractivity contribution in [1.82, 2.24) is 5.32 Å². The largest absolute Gasteiger partial charge is 0.496 e. The minimum atomic E-state index is -0.563. The van der Waals surface area contributed by atoms with Crippen LogP contribution in [0.4, 0.5) is 4.39 Å². The van der Waals surface area contributed by atoms with E-state index in [4.69, 9.17) is 4.74 Å². The lowest BCUT2D eigenvalue weighted by Crippen LogP contribution is -2.31. The molecule has 0 aliphatic rings. The first-order valence-corrected chi connectivity index (χ1v) is 6.46. The Morgan fingerprint density at radius 3 is 2.62 bits per heavy atom. The summed E-state index contributed by atoms with van der Waals surface area (Å²) in [6.07, 6.45) is 0. The van der Waals surface area contributed by atoms with E-state index in [-0.39, 0.29) is 17.9 Å². The summed E-state index contributed by atoms with van der Waals surface area (Å²) < 4.78 is 18.4. The van der Waals surface area contributed by atoms with E-state index >= 15 is 0 Å². The smallest absolute Gasteiger partial charge is 0.255 e. The molecule has 4 nitrogen and oxygen atoms in total. The van der Waals surface area contributed by atoms with E-state index in [0.717, 1.165) is 11.6 Å². The quantitative estimate of drug-likeness (QED) is 0.888. The minimum Gasteiger partial charge on any atom is -0.496 e. The number of halogens is 1. The first kappa shape index (κ1) is 15.0. The molecule has 1 atom stereocenters. The van der Waals surface area contributed by atoms with Gasteiger partial charge in [0.15, 0.2) is 0 Å². The summed E-state index contributed by atoms with van der Waals surface area (Å²) in [6, 6.07) is 12.2. The van der Waals surface area contributed by atoms with E-state index in [1.165, 1.54) is 19.2 Å². The molecule has 0 unspecified atom stereocenters. The molecule has 21 heavy (non-hydrogen) atoms. The fourth-order valence-electron chi connectivity index (χ4n) is 2.01. The van der Waals surface area contributed by atoms with Gasteiger partial charge >= 0.3 is 0 Å². The van der Waals surface area contributed by atoms with Gasteiger partial charge in [0.05, 0.1) is 25.3 Å². The summed E-state index contributed by atoms with van der Waals surface area (Å²) in [5, 5.41) is 12.1. The Morgan fingerprint density at radius 1 is 1.29 bits per heavy atom. The zero-order valence-corrected chi connectivity index (χ0v) is 11.5. The van der Waals surface area contributed by atoms with Gasteiger partial charge in [-0.05, 0) is 23.8 Å². The van der Waals surface area contributed by atoms with Gasteiger partial charge in [-0.25, -0.2) is 4.39 Å². The van der Waals surface area contributed by atoms with E-state index in [2.05, 4.69) is 5.32 Å². The van der Waals surface area contributed by atoms with E-state index < -0.39 is 17.8 Å². The van der Waals surface area contributed by atoms with Gasteiger partial charge in [0.2, 0.25) is 0 Å². The van der Waals surface area contributed by atoms with Gasteiger partial charge in [-0.2, -0.15) is 0 Å². The molecule has 0 aliphatic carbocycles. The van der Waals surface area contributed by atoms with E-state index in [1.807, 2.05) is 18.2 Å². The van der Waals surface area contributed by atoms with Crippen LogP contribution in [0.5, 0.6) is 5.75 Å². The van der Waals surface area contributed by atoms with Gasteiger partial charge < -0.3 is 15.2 Å². The van der Waals surface area contributed by atoms with Gasteiger partial charge in [-0.3, -0.25) is 4.79 Å². The third-order valence-corrected chi connectivity index (χ3v) is 3.10. The highest BCUT2D eigenvalue weighted by molar-refractivity contribution is 5.97. The standard InChI is InChI=1S/C16H16FNO3/c1-21-15-8-7-12(17)9-13(15)16(20)18-14(10-19)11-5-3-2-4-6-11/h2-9,14,19H,10H2,1H3,(H,18,20)/t14-/m1/s1. The van der Waals surface area contributed by atoms with Crippen LogP contribution in [-0.4, -0.2) is 24.7 Å². The second kappa shape index (κ2) is 6.85. The Morgan fingerprint density at radius 2 is 2.00 bits per heavy atom. The van der Waals surface area contributed by atoms with Crippen molar-refractivity contribution in [3.63, 3.8) is 0 Å². The number of hydrogen-bond donors (Lipinski definition) is 2. The van der Waals surface area contributed by atoms with Crippen LogP contribution in [0.3, 0.4) is 0 Å². The molecule has 0 aromatic heterocycles. The maximum atomic E-state index is 13.3. The number of carbonyl (C=O) groups excluding carboxylic acids is 1. The summed E-state index contributed by atoms with van der Waals surface area (Å²) in [7, 11) is 1.41. The van der Waals surface area contributed by atoms with Crippen LogP contribution in [0.1, 0.15) is 22.0 Å². The number of hydrogen-bond acceptors (Lipinski definition) is 3. The molecule has 2 aromatic carbocycles. The monoisotopic (exact) mass is 289 g/mol. The number of aliphatic hydroxyl groups excluding tert-OH is 1. The number of ether oxygens (including phenoxy) is 1. The highest BCUT2D eigenvalue weighted by Gasteiger charge is 2.18. The minimum absolute atomic E-state index is 0.0897. The Labute approximate surface area is 122 Å². The van der Waals surface area contributed by atoms with Gasteiger partial charge in [-0.1, -0.05) is 30.3 Å². The molecule has 2 aromatic rings. The van der Waals surface area contributed by atoms with Crippen LogP contribution < -0.4 is 10.1 Å². The van der Waals surface area contributed by atoms with Gasteiger partial charge in [0.25, 0.3) is 5.91 Å². The second-order valence-electron chi connectivity index (χ2n) is 4.46. The number of methoxy groups -OCH3 is 1. The molecule has 2 N–H and O–H groups in total. The van der Waals surface area contributed by atoms with Crippen molar-refractivity contribution >= 4 is 5.91 Å². The number of amides is 1. The summed E-state index contributed by atoms with van der Waals surface area (Å²) in [4.78, 5) is 12.3. The van der Waals surface area contributed by atoms with Crippen molar-refractivity contribution in [2.24, 2.45) is 0 Å².